The van der Waals surface area contributed by atoms with E-state index in [0.717, 1.165) is 22.6 Å². The fourth-order valence-electron chi connectivity index (χ4n) is 2.17. The number of rotatable bonds is 5. The molecule has 0 spiro atoms. The molecule has 0 radical (unpaired) electrons. The van der Waals surface area contributed by atoms with E-state index >= 15 is 0 Å². The molecule has 1 aliphatic rings. The highest BCUT2D eigenvalue weighted by Crippen LogP contribution is 2.32. The van der Waals surface area contributed by atoms with E-state index in [0.29, 0.717) is 6.54 Å². The topological polar surface area (TPSA) is 47.6 Å². The molecule has 3 rings (SSSR count). The number of ether oxygens (including phenoxy) is 2. The third-order valence-corrected chi connectivity index (χ3v) is 3.35. The number of hydrogen-bond donors (Lipinski definition) is 1. The Morgan fingerprint density at radius 3 is 2.74 bits per heavy atom. The molecule has 0 aliphatic carbocycles. The van der Waals surface area contributed by atoms with Crippen molar-refractivity contribution in [2.45, 2.75) is 6.54 Å². The van der Waals surface area contributed by atoms with Gasteiger partial charge in [-0.15, -0.1) is 0 Å². The predicted octanol–water partition coefficient (Wildman–Crippen LogP) is 3.30. The van der Waals surface area contributed by atoms with Gasteiger partial charge < -0.3 is 14.8 Å². The van der Waals surface area contributed by atoms with Crippen molar-refractivity contribution in [3.8, 4) is 11.5 Å². The van der Waals surface area contributed by atoms with Gasteiger partial charge in [0.05, 0.1) is 0 Å². The van der Waals surface area contributed by atoms with Crippen LogP contribution in [-0.4, -0.2) is 12.7 Å². The summed E-state index contributed by atoms with van der Waals surface area (Å²) in [6.45, 7) is 0.792. The highest BCUT2D eigenvalue weighted by Gasteiger charge is 2.11. The quantitative estimate of drug-likeness (QED) is 0.681. The minimum Gasteiger partial charge on any atom is -0.454 e. The highest BCUT2D eigenvalue weighted by atomic mass is 16.7. The van der Waals surface area contributed by atoms with E-state index in [4.69, 9.17) is 9.47 Å². The summed E-state index contributed by atoms with van der Waals surface area (Å²) in [6.07, 6.45) is 6.94. The minimum absolute atomic E-state index is 0.121. The summed E-state index contributed by atoms with van der Waals surface area (Å²) >= 11 is 0. The van der Waals surface area contributed by atoms with E-state index in [9.17, 15) is 4.79 Å². The van der Waals surface area contributed by atoms with Gasteiger partial charge in [0.2, 0.25) is 12.7 Å². The first-order valence-electron chi connectivity index (χ1n) is 7.37. The van der Waals surface area contributed by atoms with Crippen LogP contribution in [-0.2, 0) is 11.3 Å². The van der Waals surface area contributed by atoms with E-state index in [1.165, 1.54) is 6.08 Å². The molecule has 1 heterocycles. The van der Waals surface area contributed by atoms with Gasteiger partial charge in [0.25, 0.3) is 0 Å². The molecule has 0 saturated heterocycles. The molecule has 2 aromatic carbocycles. The van der Waals surface area contributed by atoms with Crippen LogP contribution in [0.4, 0.5) is 0 Å². The Labute approximate surface area is 135 Å². The molecule has 4 heteroatoms. The lowest BCUT2D eigenvalue weighted by Crippen LogP contribution is -2.20. The molecule has 23 heavy (non-hydrogen) atoms. The molecule has 0 atom stereocenters. The fourth-order valence-corrected chi connectivity index (χ4v) is 2.17. The molecule has 4 nitrogen and oxygen atoms in total. The molecule has 1 aliphatic heterocycles. The van der Waals surface area contributed by atoms with Gasteiger partial charge in [-0.25, -0.2) is 0 Å². The molecule has 0 fully saturated rings. The summed E-state index contributed by atoms with van der Waals surface area (Å²) in [5, 5.41) is 2.84. The van der Waals surface area contributed by atoms with Gasteiger partial charge in [-0.1, -0.05) is 54.6 Å². The average molecular weight is 307 g/mol. The summed E-state index contributed by atoms with van der Waals surface area (Å²) in [7, 11) is 0. The Hall–Kier alpha value is -3.01. The van der Waals surface area contributed by atoms with Crippen LogP contribution in [0.25, 0.3) is 6.08 Å². The van der Waals surface area contributed by atoms with Gasteiger partial charge in [-0.2, -0.15) is 0 Å². The first kappa shape index (κ1) is 14.9. The Morgan fingerprint density at radius 1 is 1.04 bits per heavy atom. The maximum Gasteiger partial charge on any atom is 0.244 e. The lowest BCUT2D eigenvalue weighted by atomic mass is 10.2. The van der Waals surface area contributed by atoms with Gasteiger partial charge in [-0.05, 0) is 23.3 Å². The fraction of sp³-hybridized carbons (Fsp3) is 0.105. The number of amides is 1. The third kappa shape index (κ3) is 4.23. The molecular weight excluding hydrogens is 290 g/mol. The Kier molecular flexibility index (Phi) is 4.74. The lowest BCUT2D eigenvalue weighted by molar-refractivity contribution is -0.116. The van der Waals surface area contributed by atoms with Crippen molar-refractivity contribution in [3.05, 3.63) is 77.9 Å². The zero-order valence-corrected chi connectivity index (χ0v) is 12.6. The molecule has 116 valence electrons. The molecule has 0 unspecified atom stereocenters. The summed E-state index contributed by atoms with van der Waals surface area (Å²) in [4.78, 5) is 11.7. The van der Waals surface area contributed by atoms with E-state index < -0.39 is 0 Å². The summed E-state index contributed by atoms with van der Waals surface area (Å²) < 4.78 is 10.6. The second kappa shape index (κ2) is 7.31. The van der Waals surface area contributed by atoms with Crippen molar-refractivity contribution in [1.29, 1.82) is 0 Å². The number of fused-ring (bicyclic) bond motifs is 1. The Bertz CT molecular complexity index is 736. The smallest absolute Gasteiger partial charge is 0.244 e. The summed E-state index contributed by atoms with van der Waals surface area (Å²) in [5.74, 6) is 1.39. The van der Waals surface area contributed by atoms with E-state index in [2.05, 4.69) is 5.32 Å². The Balaban J connectivity index is 1.49. The highest BCUT2D eigenvalue weighted by molar-refractivity contribution is 5.87. The molecule has 0 aromatic heterocycles. The maximum absolute atomic E-state index is 11.7. The van der Waals surface area contributed by atoms with Crippen molar-refractivity contribution in [1.82, 2.24) is 5.32 Å². The van der Waals surface area contributed by atoms with E-state index in [-0.39, 0.29) is 12.7 Å². The maximum atomic E-state index is 11.7. The van der Waals surface area contributed by atoms with Crippen molar-refractivity contribution < 1.29 is 14.3 Å². The molecule has 2 aromatic rings. The average Bonchev–Trinajstić information content (AvgIpc) is 3.05. The van der Waals surface area contributed by atoms with Crippen LogP contribution >= 0.6 is 0 Å². The van der Waals surface area contributed by atoms with E-state index in [1.54, 1.807) is 6.08 Å². The summed E-state index contributed by atoms with van der Waals surface area (Å²) in [6, 6.07) is 15.5. The second-order valence-corrected chi connectivity index (χ2v) is 5.03. The SMILES string of the molecule is O=C(/C=C/C=Cc1ccc2c(c1)OCO2)NCc1ccccc1. The number of benzene rings is 2. The first-order chi connectivity index (χ1) is 11.3. The molecule has 1 N–H and O–H groups in total. The lowest BCUT2D eigenvalue weighted by Gasteiger charge is -2.01. The number of hydrogen-bond acceptors (Lipinski definition) is 3. The standard InChI is InChI=1S/C19H17NO3/c21-19(20-13-16-7-2-1-3-8-16)9-5-4-6-15-10-11-17-18(12-15)23-14-22-17/h1-12H,13-14H2,(H,20,21)/b6-4?,9-5+. The van der Waals surface area contributed by atoms with Crippen LogP contribution in [0.3, 0.4) is 0 Å². The van der Waals surface area contributed by atoms with Gasteiger partial charge in [0.15, 0.2) is 11.5 Å². The van der Waals surface area contributed by atoms with Crippen LogP contribution < -0.4 is 14.8 Å². The number of allylic oxidation sites excluding steroid dienone is 2. The first-order valence-corrected chi connectivity index (χ1v) is 7.37. The summed E-state index contributed by atoms with van der Waals surface area (Å²) in [5.41, 5.74) is 2.06. The van der Waals surface area contributed by atoms with Crippen LogP contribution in [0.5, 0.6) is 11.5 Å². The van der Waals surface area contributed by atoms with Crippen molar-refractivity contribution in [3.63, 3.8) is 0 Å². The minimum atomic E-state index is -0.121. The number of carbonyl (C=O) groups excluding carboxylic acids is 1. The van der Waals surface area contributed by atoms with Crippen LogP contribution in [0, 0.1) is 0 Å². The van der Waals surface area contributed by atoms with Crippen molar-refractivity contribution >= 4 is 12.0 Å². The monoisotopic (exact) mass is 307 g/mol. The van der Waals surface area contributed by atoms with Gasteiger partial charge in [0.1, 0.15) is 0 Å². The van der Waals surface area contributed by atoms with E-state index in [1.807, 2.05) is 60.7 Å². The Morgan fingerprint density at radius 2 is 1.87 bits per heavy atom. The van der Waals surface area contributed by atoms with Crippen LogP contribution in [0.1, 0.15) is 11.1 Å². The predicted molar refractivity (Wildman–Crippen MR) is 89.0 cm³/mol. The molecule has 1 amide bonds. The van der Waals surface area contributed by atoms with Gasteiger partial charge in [-0.3, -0.25) is 4.79 Å². The largest absolute Gasteiger partial charge is 0.454 e. The number of carbonyl (C=O) groups is 1. The van der Waals surface area contributed by atoms with Crippen molar-refractivity contribution in [2.24, 2.45) is 0 Å². The van der Waals surface area contributed by atoms with Gasteiger partial charge >= 0.3 is 0 Å². The van der Waals surface area contributed by atoms with Crippen LogP contribution in [0.15, 0.2) is 66.8 Å². The van der Waals surface area contributed by atoms with Crippen molar-refractivity contribution in [2.75, 3.05) is 6.79 Å². The molecule has 0 bridgehead atoms. The third-order valence-electron chi connectivity index (χ3n) is 3.35. The zero-order chi connectivity index (χ0) is 15.9. The normalized spacial score (nSPS) is 12.9. The number of nitrogens with one attached hydrogen (secondary N) is 1. The van der Waals surface area contributed by atoms with Gasteiger partial charge in [0, 0.05) is 12.6 Å². The second-order valence-electron chi connectivity index (χ2n) is 5.03. The molecular formula is C19H17NO3. The molecule has 0 saturated carbocycles. The van der Waals surface area contributed by atoms with Crippen LogP contribution in [0.2, 0.25) is 0 Å². The zero-order valence-electron chi connectivity index (χ0n) is 12.6.